The average molecular weight is 517 g/mol. The third-order valence-corrected chi connectivity index (χ3v) is 9.16. The second-order valence-electron chi connectivity index (χ2n) is 9.95. The lowest BCUT2D eigenvalue weighted by Crippen LogP contribution is -2.51. The molecule has 196 valence electrons. The Morgan fingerprint density at radius 3 is 2.69 bits per heavy atom. The van der Waals surface area contributed by atoms with Gasteiger partial charge >= 0.3 is 6.03 Å². The summed E-state index contributed by atoms with van der Waals surface area (Å²) in [5.74, 6) is -0.0154. The Labute approximate surface area is 213 Å². The number of nitrogens with one attached hydrogen (secondary N) is 1. The van der Waals surface area contributed by atoms with E-state index in [1.54, 1.807) is 49.5 Å². The summed E-state index contributed by atoms with van der Waals surface area (Å²) < 4.78 is 35.0. The van der Waals surface area contributed by atoms with Crippen molar-refractivity contribution in [1.82, 2.24) is 19.5 Å². The first-order chi connectivity index (χ1) is 17.2. The summed E-state index contributed by atoms with van der Waals surface area (Å²) in [7, 11) is -2.20. The van der Waals surface area contributed by atoms with Gasteiger partial charge in [0.1, 0.15) is 16.7 Å². The lowest BCUT2D eigenvalue weighted by Gasteiger charge is -2.37. The fourth-order valence-electron chi connectivity index (χ4n) is 4.86. The van der Waals surface area contributed by atoms with Crippen molar-refractivity contribution >= 4 is 16.1 Å². The van der Waals surface area contributed by atoms with Gasteiger partial charge in [-0.1, -0.05) is 31.9 Å². The first-order valence-electron chi connectivity index (χ1n) is 12.6. The summed E-state index contributed by atoms with van der Waals surface area (Å²) in [6, 6.07) is 8.15. The molecule has 36 heavy (non-hydrogen) atoms. The van der Waals surface area contributed by atoms with Gasteiger partial charge in [0.05, 0.1) is 13.2 Å². The molecule has 1 saturated carbocycles. The van der Waals surface area contributed by atoms with E-state index in [1.807, 2.05) is 19.1 Å². The fraction of sp³-hybridized carbons (Fsp3) is 0.538. The van der Waals surface area contributed by atoms with Crippen LogP contribution in [0.25, 0.3) is 11.1 Å². The summed E-state index contributed by atoms with van der Waals surface area (Å²) in [5.41, 5.74) is 1.61. The lowest BCUT2D eigenvalue weighted by molar-refractivity contribution is 0.0809. The van der Waals surface area contributed by atoms with Crippen molar-refractivity contribution in [2.75, 3.05) is 26.7 Å². The molecule has 0 spiro atoms. The van der Waals surface area contributed by atoms with Gasteiger partial charge in [0, 0.05) is 49.6 Å². The third-order valence-electron chi connectivity index (χ3n) is 7.15. The van der Waals surface area contributed by atoms with Crippen LogP contribution in [0.2, 0.25) is 0 Å². The van der Waals surface area contributed by atoms with Crippen molar-refractivity contribution in [2.24, 2.45) is 5.92 Å². The van der Waals surface area contributed by atoms with Gasteiger partial charge in [0.25, 0.3) is 0 Å². The molecular weight excluding hydrogens is 480 g/mol. The molecule has 2 amide bonds. The smallest absolute Gasteiger partial charge is 0.317 e. The van der Waals surface area contributed by atoms with Crippen LogP contribution in [0.15, 0.2) is 47.6 Å². The van der Waals surface area contributed by atoms with E-state index in [2.05, 4.69) is 10.3 Å². The Kier molecular flexibility index (Phi) is 8.17. The van der Waals surface area contributed by atoms with Crippen molar-refractivity contribution in [3.63, 3.8) is 0 Å². The van der Waals surface area contributed by atoms with Gasteiger partial charge in [-0.25, -0.2) is 13.2 Å². The summed E-state index contributed by atoms with van der Waals surface area (Å²) in [5, 5.41) is 12.9. The number of pyridine rings is 1. The predicted molar refractivity (Wildman–Crippen MR) is 137 cm³/mol. The van der Waals surface area contributed by atoms with E-state index in [9.17, 15) is 18.3 Å². The molecule has 1 fully saturated rings. The zero-order valence-corrected chi connectivity index (χ0v) is 21.9. The van der Waals surface area contributed by atoms with E-state index in [0.29, 0.717) is 0 Å². The zero-order valence-electron chi connectivity index (χ0n) is 21.1. The fourth-order valence-corrected chi connectivity index (χ4v) is 6.69. The van der Waals surface area contributed by atoms with Crippen molar-refractivity contribution in [1.29, 1.82) is 0 Å². The molecule has 2 N–H and O–H groups in total. The quantitative estimate of drug-likeness (QED) is 0.610. The molecular formula is C26H36N4O5S. The van der Waals surface area contributed by atoms with Crippen molar-refractivity contribution in [3.8, 4) is 16.9 Å². The highest BCUT2D eigenvalue weighted by Gasteiger charge is 2.38. The Morgan fingerprint density at radius 1 is 1.28 bits per heavy atom. The highest BCUT2D eigenvalue weighted by molar-refractivity contribution is 7.89. The number of fused-ring (bicyclic) bond motifs is 1. The third kappa shape index (κ3) is 5.66. The van der Waals surface area contributed by atoms with E-state index in [-0.39, 0.29) is 48.3 Å². The highest BCUT2D eigenvalue weighted by atomic mass is 32.2. The largest absolute Gasteiger partial charge is 0.487 e. The number of aliphatic hydroxyl groups excluding tert-OH is 1. The van der Waals surface area contributed by atoms with E-state index in [0.717, 1.165) is 36.8 Å². The van der Waals surface area contributed by atoms with Crippen LogP contribution in [-0.2, 0) is 10.0 Å². The van der Waals surface area contributed by atoms with Crippen LogP contribution in [-0.4, -0.2) is 78.7 Å². The topological polar surface area (TPSA) is 112 Å². The van der Waals surface area contributed by atoms with E-state index in [4.69, 9.17) is 4.74 Å². The molecule has 0 radical (unpaired) electrons. The molecule has 9 nitrogen and oxygen atoms in total. The van der Waals surface area contributed by atoms with Gasteiger partial charge in [0.15, 0.2) is 0 Å². The molecule has 1 aliphatic heterocycles. The number of likely N-dealkylation sites (N-methyl/N-ethyl adjacent to an activating group) is 1. The van der Waals surface area contributed by atoms with Crippen LogP contribution >= 0.6 is 0 Å². The number of urea groups is 1. The number of hydrogen-bond acceptors (Lipinski definition) is 6. The zero-order chi connectivity index (χ0) is 25.9. The number of ether oxygens (including phenoxy) is 1. The van der Waals surface area contributed by atoms with Crippen molar-refractivity contribution in [3.05, 3.63) is 42.7 Å². The maximum absolute atomic E-state index is 13.6. The van der Waals surface area contributed by atoms with Crippen LogP contribution in [0.3, 0.4) is 0 Å². The summed E-state index contributed by atoms with van der Waals surface area (Å²) in [4.78, 5) is 18.7. The van der Waals surface area contributed by atoms with Crippen molar-refractivity contribution < 1.29 is 23.1 Å². The van der Waals surface area contributed by atoms with Crippen LogP contribution < -0.4 is 10.1 Å². The number of hydrogen-bond donors (Lipinski definition) is 2. The molecule has 1 aromatic carbocycles. The lowest BCUT2D eigenvalue weighted by atomic mass is 10.0. The molecule has 4 rings (SSSR count). The monoisotopic (exact) mass is 516 g/mol. The van der Waals surface area contributed by atoms with Gasteiger partial charge in [-0.3, -0.25) is 4.98 Å². The molecule has 2 aliphatic rings. The number of rotatable bonds is 6. The first kappa shape index (κ1) is 26.4. The maximum Gasteiger partial charge on any atom is 0.317 e. The molecule has 1 aliphatic carbocycles. The predicted octanol–water partition coefficient (Wildman–Crippen LogP) is 3.10. The summed E-state index contributed by atoms with van der Waals surface area (Å²) in [6.45, 7) is 3.75. The van der Waals surface area contributed by atoms with E-state index < -0.39 is 22.2 Å². The molecule has 0 saturated heterocycles. The van der Waals surface area contributed by atoms with Gasteiger partial charge in [-0.15, -0.1) is 0 Å². The number of carbonyl (C=O) groups excluding carboxylic acids is 1. The minimum Gasteiger partial charge on any atom is -0.487 e. The maximum atomic E-state index is 13.6. The van der Waals surface area contributed by atoms with E-state index >= 15 is 0 Å². The van der Waals surface area contributed by atoms with Gasteiger partial charge in [-0.05, 0) is 43.5 Å². The molecule has 0 bridgehead atoms. The Balaban J connectivity index is 1.68. The summed E-state index contributed by atoms with van der Waals surface area (Å²) in [6.07, 6.45) is 7.16. The summed E-state index contributed by atoms with van der Waals surface area (Å²) >= 11 is 0. The number of benzene rings is 1. The molecule has 0 unspecified atom stereocenters. The molecule has 10 heteroatoms. The number of amides is 2. The molecule has 2 heterocycles. The Morgan fingerprint density at radius 2 is 2.03 bits per heavy atom. The minimum atomic E-state index is -3.93. The van der Waals surface area contributed by atoms with Crippen LogP contribution in [0.1, 0.15) is 39.5 Å². The SMILES string of the molecule is C[C@@H]1CN([C@H](C)CO)S(=O)(=O)c2ccc(-c3cccnc3)cc2O[C@H]1CN(C)C(=O)NC1CCCC1. The average Bonchev–Trinajstić information content (AvgIpc) is 3.39. The number of carbonyl (C=O) groups is 1. The van der Waals surface area contributed by atoms with Crippen LogP contribution in [0.5, 0.6) is 5.75 Å². The van der Waals surface area contributed by atoms with Gasteiger partial charge < -0.3 is 20.1 Å². The second-order valence-corrected chi connectivity index (χ2v) is 11.8. The number of nitrogens with zero attached hydrogens (tertiary/aromatic N) is 3. The molecule has 2 aromatic rings. The number of aromatic nitrogens is 1. The normalized spacial score (nSPS) is 23.1. The minimum absolute atomic E-state index is 0.0467. The molecule has 3 atom stereocenters. The number of aliphatic hydroxyl groups is 1. The Bertz CT molecular complexity index is 1150. The molecule has 1 aromatic heterocycles. The number of sulfonamides is 1. The Hall–Kier alpha value is -2.69. The van der Waals surface area contributed by atoms with Gasteiger partial charge in [-0.2, -0.15) is 4.31 Å². The standard InChI is InChI=1S/C26H36N4O5S/c1-18-15-30(19(2)17-31)36(33,34)25-11-10-20(21-7-6-12-27-14-21)13-23(25)35-24(18)16-29(3)26(32)28-22-8-4-5-9-22/h6-7,10-14,18-19,22,24,31H,4-5,8-9,15-17H2,1-3H3,(H,28,32)/t18-,19-,24+/m1/s1. The van der Waals surface area contributed by atoms with Gasteiger partial charge in [0.2, 0.25) is 10.0 Å². The highest BCUT2D eigenvalue weighted by Crippen LogP contribution is 2.36. The van der Waals surface area contributed by atoms with Crippen LogP contribution in [0, 0.1) is 5.92 Å². The van der Waals surface area contributed by atoms with Crippen LogP contribution in [0.4, 0.5) is 4.79 Å². The van der Waals surface area contributed by atoms with Crippen molar-refractivity contribution in [2.45, 2.75) is 62.6 Å². The second kappa shape index (κ2) is 11.1. The van der Waals surface area contributed by atoms with E-state index in [1.165, 1.54) is 4.31 Å². The first-order valence-corrected chi connectivity index (χ1v) is 14.0.